The van der Waals surface area contributed by atoms with Gasteiger partial charge in [0.15, 0.2) is 0 Å². The van der Waals surface area contributed by atoms with Crippen LogP contribution < -0.4 is 0 Å². The van der Waals surface area contributed by atoms with Crippen LogP contribution >= 0.6 is 22.9 Å². The molecule has 0 bridgehead atoms. The van der Waals surface area contributed by atoms with E-state index in [1.54, 1.807) is 11.3 Å². The molecule has 1 N–H and O–H groups in total. The number of benzene rings is 1. The zero-order valence-electron chi connectivity index (χ0n) is 12.1. The van der Waals surface area contributed by atoms with Crippen LogP contribution in [0.25, 0.3) is 10.6 Å². The fraction of sp³-hybridized carbons (Fsp3) is 0.438. The summed E-state index contributed by atoms with van der Waals surface area (Å²) in [5, 5.41) is 12.6. The Labute approximate surface area is 134 Å². The molecule has 1 unspecified atom stereocenters. The Hall–Kier alpha value is -0.940. The third-order valence-corrected chi connectivity index (χ3v) is 5.13. The molecule has 2 aromatic rings. The van der Waals surface area contributed by atoms with Crippen molar-refractivity contribution in [2.75, 3.05) is 13.1 Å². The van der Waals surface area contributed by atoms with E-state index in [0.29, 0.717) is 5.88 Å². The van der Waals surface area contributed by atoms with Gasteiger partial charge in [-0.3, -0.25) is 4.90 Å². The summed E-state index contributed by atoms with van der Waals surface area (Å²) in [6.45, 7) is 4.82. The molecular weight excluding hydrogens is 304 g/mol. The van der Waals surface area contributed by atoms with Gasteiger partial charge in [0.2, 0.25) is 0 Å². The first-order chi connectivity index (χ1) is 10.2. The van der Waals surface area contributed by atoms with Gasteiger partial charge in [-0.15, -0.1) is 22.9 Å². The Morgan fingerprint density at radius 1 is 1.48 bits per heavy atom. The Bertz CT molecular complexity index is 628. The van der Waals surface area contributed by atoms with Gasteiger partial charge >= 0.3 is 0 Å². The minimum absolute atomic E-state index is 0.158. The van der Waals surface area contributed by atoms with E-state index >= 15 is 0 Å². The molecule has 0 saturated carbocycles. The molecule has 1 aliphatic rings. The number of aliphatic hydroxyl groups excluding tert-OH is 1. The molecule has 3 rings (SSSR count). The van der Waals surface area contributed by atoms with Crippen molar-refractivity contribution in [2.24, 2.45) is 0 Å². The Balaban J connectivity index is 1.76. The first-order valence-corrected chi connectivity index (χ1v) is 8.58. The lowest BCUT2D eigenvalue weighted by molar-refractivity contribution is 0.174. The van der Waals surface area contributed by atoms with Crippen LogP contribution in [0.4, 0.5) is 0 Å². The summed E-state index contributed by atoms with van der Waals surface area (Å²) in [5.41, 5.74) is 4.68. The quantitative estimate of drug-likeness (QED) is 0.876. The minimum atomic E-state index is -0.158. The number of hydrogen-bond acceptors (Lipinski definition) is 4. The van der Waals surface area contributed by atoms with Gasteiger partial charge < -0.3 is 5.11 Å². The first kappa shape index (κ1) is 15.0. The minimum Gasteiger partial charge on any atom is -0.392 e. The molecule has 2 heterocycles. The highest BCUT2D eigenvalue weighted by Gasteiger charge is 2.20. The maximum atomic E-state index is 9.61. The molecule has 112 valence electrons. The molecule has 1 fully saturated rings. The van der Waals surface area contributed by atoms with Crippen molar-refractivity contribution in [3.63, 3.8) is 0 Å². The number of thiazole rings is 1. The Morgan fingerprint density at radius 3 is 2.95 bits per heavy atom. The predicted octanol–water partition coefficient (Wildman–Crippen LogP) is 3.42. The number of rotatable bonds is 4. The lowest BCUT2D eigenvalue weighted by Gasteiger charge is -2.17. The van der Waals surface area contributed by atoms with Crippen molar-refractivity contribution in [1.82, 2.24) is 9.88 Å². The standard InChI is InChI=1S/C16H19ClN2OS/c1-11-6-12(16-18-14(7-17)10-21-16)2-3-13(11)8-19-5-4-15(20)9-19/h2-3,6,10,15,20H,4-5,7-9H2,1H3. The summed E-state index contributed by atoms with van der Waals surface area (Å²) in [6, 6.07) is 6.50. The van der Waals surface area contributed by atoms with Crippen molar-refractivity contribution >= 4 is 22.9 Å². The normalized spacial score (nSPS) is 19.3. The van der Waals surface area contributed by atoms with Crippen LogP contribution in [0.1, 0.15) is 23.2 Å². The Kier molecular flexibility index (Phi) is 4.60. The van der Waals surface area contributed by atoms with Crippen LogP contribution in [0.2, 0.25) is 0 Å². The van der Waals surface area contributed by atoms with E-state index < -0.39 is 0 Å². The highest BCUT2D eigenvalue weighted by molar-refractivity contribution is 7.13. The largest absolute Gasteiger partial charge is 0.392 e. The molecular formula is C16H19ClN2OS. The van der Waals surface area contributed by atoms with Crippen molar-refractivity contribution in [3.8, 4) is 10.6 Å². The summed E-state index contributed by atoms with van der Waals surface area (Å²) in [4.78, 5) is 6.83. The summed E-state index contributed by atoms with van der Waals surface area (Å²) in [5.74, 6) is 0.463. The highest BCUT2D eigenvalue weighted by Crippen LogP contribution is 2.27. The SMILES string of the molecule is Cc1cc(-c2nc(CCl)cs2)ccc1CN1CCC(O)C1. The van der Waals surface area contributed by atoms with Gasteiger partial charge in [-0.05, 0) is 30.5 Å². The highest BCUT2D eigenvalue weighted by atomic mass is 35.5. The number of aryl methyl sites for hydroxylation is 1. The van der Waals surface area contributed by atoms with E-state index in [1.807, 2.05) is 5.38 Å². The van der Waals surface area contributed by atoms with Gasteiger partial charge in [0.25, 0.3) is 0 Å². The van der Waals surface area contributed by atoms with Gasteiger partial charge in [0, 0.05) is 30.6 Å². The van der Waals surface area contributed by atoms with Crippen LogP contribution in [0.3, 0.4) is 0 Å². The van der Waals surface area contributed by atoms with Gasteiger partial charge in [-0.25, -0.2) is 4.98 Å². The van der Waals surface area contributed by atoms with E-state index in [1.165, 1.54) is 11.1 Å². The molecule has 0 spiro atoms. The fourth-order valence-corrected chi connectivity index (χ4v) is 3.75. The number of aliphatic hydroxyl groups is 1. The van der Waals surface area contributed by atoms with E-state index in [-0.39, 0.29) is 6.10 Å². The second kappa shape index (κ2) is 6.44. The molecule has 1 aromatic carbocycles. The van der Waals surface area contributed by atoms with E-state index in [9.17, 15) is 5.11 Å². The molecule has 1 saturated heterocycles. The van der Waals surface area contributed by atoms with Crippen molar-refractivity contribution in [3.05, 3.63) is 40.4 Å². The van der Waals surface area contributed by atoms with Crippen molar-refractivity contribution in [2.45, 2.75) is 31.9 Å². The number of aromatic nitrogens is 1. The van der Waals surface area contributed by atoms with Crippen LogP contribution in [-0.4, -0.2) is 34.2 Å². The third kappa shape index (κ3) is 3.46. The molecule has 0 amide bonds. The van der Waals surface area contributed by atoms with Crippen LogP contribution in [0, 0.1) is 6.92 Å². The second-order valence-corrected chi connectivity index (χ2v) is 6.72. The topological polar surface area (TPSA) is 36.4 Å². The smallest absolute Gasteiger partial charge is 0.123 e. The number of halogens is 1. The van der Waals surface area contributed by atoms with E-state index in [0.717, 1.165) is 42.3 Å². The lowest BCUT2D eigenvalue weighted by Crippen LogP contribution is -2.21. The Morgan fingerprint density at radius 2 is 2.33 bits per heavy atom. The van der Waals surface area contributed by atoms with E-state index in [4.69, 9.17) is 11.6 Å². The lowest BCUT2D eigenvalue weighted by atomic mass is 10.0. The van der Waals surface area contributed by atoms with Gasteiger partial charge in [0.1, 0.15) is 5.01 Å². The molecule has 1 aliphatic heterocycles. The second-order valence-electron chi connectivity index (χ2n) is 5.60. The molecule has 3 nitrogen and oxygen atoms in total. The molecule has 5 heteroatoms. The summed E-state index contributed by atoms with van der Waals surface area (Å²) in [7, 11) is 0. The van der Waals surface area contributed by atoms with E-state index in [2.05, 4.69) is 35.0 Å². The third-order valence-electron chi connectivity index (χ3n) is 3.92. The molecule has 1 atom stereocenters. The maximum absolute atomic E-state index is 9.61. The average molecular weight is 323 g/mol. The predicted molar refractivity (Wildman–Crippen MR) is 87.7 cm³/mol. The fourth-order valence-electron chi connectivity index (χ4n) is 2.70. The number of alkyl halides is 1. The average Bonchev–Trinajstić information content (AvgIpc) is 3.10. The molecule has 1 aromatic heterocycles. The number of β-amino-alcohol motifs (C(OH)–C–C–N with tert-alkyl or cyclic N) is 1. The van der Waals surface area contributed by atoms with Crippen LogP contribution in [0.15, 0.2) is 23.6 Å². The van der Waals surface area contributed by atoms with Crippen LogP contribution in [0.5, 0.6) is 0 Å². The first-order valence-electron chi connectivity index (χ1n) is 7.16. The van der Waals surface area contributed by atoms with Crippen LogP contribution in [-0.2, 0) is 12.4 Å². The zero-order valence-corrected chi connectivity index (χ0v) is 13.6. The summed E-state index contributed by atoms with van der Waals surface area (Å²) in [6.07, 6.45) is 0.728. The van der Waals surface area contributed by atoms with Crippen molar-refractivity contribution < 1.29 is 5.11 Å². The monoisotopic (exact) mass is 322 g/mol. The zero-order chi connectivity index (χ0) is 14.8. The summed E-state index contributed by atoms with van der Waals surface area (Å²) < 4.78 is 0. The number of likely N-dealkylation sites (tertiary alicyclic amines) is 1. The maximum Gasteiger partial charge on any atom is 0.123 e. The van der Waals surface area contributed by atoms with Gasteiger partial charge in [-0.1, -0.05) is 12.1 Å². The van der Waals surface area contributed by atoms with Gasteiger partial charge in [-0.2, -0.15) is 0 Å². The number of nitrogens with zero attached hydrogens (tertiary/aromatic N) is 2. The summed E-state index contributed by atoms with van der Waals surface area (Å²) >= 11 is 7.45. The van der Waals surface area contributed by atoms with Gasteiger partial charge in [0.05, 0.1) is 17.7 Å². The number of hydrogen-bond donors (Lipinski definition) is 1. The van der Waals surface area contributed by atoms with Crippen molar-refractivity contribution in [1.29, 1.82) is 0 Å². The molecule has 0 aliphatic carbocycles. The molecule has 0 radical (unpaired) electrons. The molecule has 21 heavy (non-hydrogen) atoms.